The fourth-order valence-electron chi connectivity index (χ4n) is 0.736. The summed E-state index contributed by atoms with van der Waals surface area (Å²) in [5.41, 5.74) is 5.07. The molecule has 0 fully saturated rings. The number of nitrogens with two attached hydrogens (primary N) is 1. The maximum absolute atomic E-state index is 12.0. The third-order valence-electron chi connectivity index (χ3n) is 1.35. The molecule has 0 aromatic carbocycles. The molecular formula is C7H9F2N3. The normalized spacial score (nSPS) is 10.7. The molecule has 0 saturated carbocycles. The van der Waals surface area contributed by atoms with Crippen molar-refractivity contribution in [3.05, 3.63) is 23.8 Å². The number of alkyl halides is 2. The Balaban J connectivity index is 2.71. The monoisotopic (exact) mass is 173 g/mol. The van der Waals surface area contributed by atoms with E-state index >= 15 is 0 Å². The molecule has 12 heavy (non-hydrogen) atoms. The van der Waals surface area contributed by atoms with Crippen LogP contribution in [0.5, 0.6) is 0 Å². The smallest absolute Gasteiger partial charge is 0.266 e. The average Bonchev–Trinajstić information content (AvgIpc) is 2.06. The molecule has 0 bridgehead atoms. The van der Waals surface area contributed by atoms with E-state index in [0.29, 0.717) is 18.8 Å². The second kappa shape index (κ2) is 4.06. The largest absolute Gasteiger partial charge is 0.330 e. The van der Waals surface area contributed by atoms with Crippen LogP contribution in [0, 0.1) is 0 Å². The van der Waals surface area contributed by atoms with Crippen LogP contribution in [-0.4, -0.2) is 16.5 Å². The van der Waals surface area contributed by atoms with Gasteiger partial charge in [-0.1, -0.05) is 0 Å². The molecule has 3 nitrogen and oxygen atoms in total. The van der Waals surface area contributed by atoms with Crippen molar-refractivity contribution in [2.75, 3.05) is 6.54 Å². The lowest BCUT2D eigenvalue weighted by molar-refractivity contribution is 0.150. The second-order valence-electron chi connectivity index (χ2n) is 2.27. The highest BCUT2D eigenvalue weighted by Crippen LogP contribution is 2.15. The molecule has 0 spiro atoms. The van der Waals surface area contributed by atoms with E-state index in [-0.39, 0.29) is 5.56 Å². The fourth-order valence-corrected chi connectivity index (χ4v) is 0.736. The number of hydrogen-bond acceptors (Lipinski definition) is 3. The van der Waals surface area contributed by atoms with Gasteiger partial charge < -0.3 is 5.73 Å². The van der Waals surface area contributed by atoms with E-state index < -0.39 is 6.43 Å². The van der Waals surface area contributed by atoms with Gasteiger partial charge in [0.1, 0.15) is 5.82 Å². The lowest BCUT2D eigenvalue weighted by Crippen LogP contribution is -2.06. The van der Waals surface area contributed by atoms with E-state index in [1.54, 1.807) is 0 Å². The van der Waals surface area contributed by atoms with Crippen molar-refractivity contribution in [3.63, 3.8) is 0 Å². The van der Waals surface area contributed by atoms with Gasteiger partial charge in [-0.25, -0.2) is 18.7 Å². The molecule has 0 amide bonds. The van der Waals surface area contributed by atoms with Gasteiger partial charge in [-0.3, -0.25) is 0 Å². The van der Waals surface area contributed by atoms with Crippen LogP contribution >= 0.6 is 0 Å². The van der Waals surface area contributed by atoms with Crippen molar-refractivity contribution in [3.8, 4) is 0 Å². The van der Waals surface area contributed by atoms with Crippen molar-refractivity contribution in [2.45, 2.75) is 12.8 Å². The third kappa shape index (κ3) is 2.20. The molecule has 1 heterocycles. The minimum Gasteiger partial charge on any atom is -0.330 e. The van der Waals surface area contributed by atoms with Gasteiger partial charge in [0.15, 0.2) is 0 Å². The quantitative estimate of drug-likeness (QED) is 0.739. The second-order valence-corrected chi connectivity index (χ2v) is 2.27. The molecule has 0 aliphatic heterocycles. The molecule has 0 atom stereocenters. The molecule has 0 aliphatic carbocycles. The number of rotatable bonds is 3. The van der Waals surface area contributed by atoms with Crippen molar-refractivity contribution in [2.24, 2.45) is 5.73 Å². The number of aromatic nitrogens is 2. The summed E-state index contributed by atoms with van der Waals surface area (Å²) in [6, 6.07) is 0. The van der Waals surface area contributed by atoms with Crippen LogP contribution in [-0.2, 0) is 6.42 Å². The van der Waals surface area contributed by atoms with E-state index in [2.05, 4.69) is 9.97 Å². The predicted molar refractivity (Wildman–Crippen MR) is 39.7 cm³/mol. The first kappa shape index (κ1) is 8.99. The van der Waals surface area contributed by atoms with Crippen LogP contribution < -0.4 is 5.73 Å². The van der Waals surface area contributed by atoms with Crippen LogP contribution in [0.25, 0.3) is 0 Å². The minimum atomic E-state index is -2.50. The summed E-state index contributed by atoms with van der Waals surface area (Å²) in [4.78, 5) is 7.44. The van der Waals surface area contributed by atoms with E-state index in [1.807, 2.05) is 0 Å². The van der Waals surface area contributed by atoms with Crippen LogP contribution in [0.2, 0.25) is 0 Å². The Morgan fingerprint density at radius 2 is 1.92 bits per heavy atom. The molecule has 1 aromatic heterocycles. The minimum absolute atomic E-state index is 0.157. The Labute approximate surface area is 68.6 Å². The van der Waals surface area contributed by atoms with Crippen molar-refractivity contribution in [1.82, 2.24) is 9.97 Å². The Hall–Kier alpha value is -1.10. The summed E-state index contributed by atoms with van der Waals surface area (Å²) in [6.45, 7) is 0.425. The third-order valence-corrected chi connectivity index (χ3v) is 1.35. The zero-order chi connectivity index (χ0) is 8.97. The van der Waals surface area contributed by atoms with Crippen molar-refractivity contribution < 1.29 is 8.78 Å². The lowest BCUT2D eigenvalue weighted by atomic mass is 10.3. The molecule has 0 unspecified atom stereocenters. The highest BCUT2D eigenvalue weighted by Gasteiger charge is 2.07. The number of nitrogens with zero attached hydrogens (tertiary/aromatic N) is 2. The summed E-state index contributed by atoms with van der Waals surface area (Å²) in [6.07, 6.45) is 0.270. The van der Waals surface area contributed by atoms with Crippen molar-refractivity contribution in [1.29, 1.82) is 0 Å². The van der Waals surface area contributed by atoms with Gasteiger partial charge in [-0.15, -0.1) is 0 Å². The SMILES string of the molecule is NCCc1ncc(C(F)F)cn1. The summed E-state index contributed by atoms with van der Waals surface area (Å²) in [5, 5.41) is 0. The van der Waals surface area contributed by atoms with Gasteiger partial charge in [0.05, 0.1) is 5.56 Å². The fraction of sp³-hybridized carbons (Fsp3) is 0.429. The van der Waals surface area contributed by atoms with E-state index in [9.17, 15) is 8.78 Å². The van der Waals surface area contributed by atoms with E-state index in [1.165, 1.54) is 0 Å². The highest BCUT2D eigenvalue weighted by molar-refractivity contribution is 5.06. The molecule has 5 heteroatoms. The number of hydrogen-bond donors (Lipinski definition) is 1. The van der Waals surface area contributed by atoms with Gasteiger partial charge in [0.2, 0.25) is 0 Å². The summed E-state index contributed by atoms with van der Waals surface area (Å²) in [5.74, 6) is 0.502. The van der Waals surface area contributed by atoms with Gasteiger partial charge in [-0.2, -0.15) is 0 Å². The zero-order valence-corrected chi connectivity index (χ0v) is 6.37. The molecular weight excluding hydrogens is 164 g/mol. The Morgan fingerprint density at radius 3 is 2.33 bits per heavy atom. The van der Waals surface area contributed by atoms with Gasteiger partial charge in [0, 0.05) is 18.8 Å². The van der Waals surface area contributed by atoms with Gasteiger partial charge in [0.25, 0.3) is 6.43 Å². The lowest BCUT2D eigenvalue weighted by Gasteiger charge is -1.99. The maximum Gasteiger partial charge on any atom is 0.266 e. The van der Waals surface area contributed by atoms with Crippen LogP contribution in [0.3, 0.4) is 0 Å². The maximum atomic E-state index is 12.0. The van der Waals surface area contributed by atoms with Gasteiger partial charge in [-0.05, 0) is 6.54 Å². The van der Waals surface area contributed by atoms with Gasteiger partial charge >= 0.3 is 0 Å². The molecule has 0 saturated heterocycles. The Kier molecular flexibility index (Phi) is 3.04. The first-order valence-corrected chi connectivity index (χ1v) is 3.53. The van der Waals surface area contributed by atoms with Crippen LogP contribution in [0.4, 0.5) is 8.78 Å². The molecule has 0 aliphatic rings. The molecule has 66 valence electrons. The summed E-state index contributed by atoms with van der Waals surface area (Å²) < 4.78 is 24.0. The standard InChI is InChI=1S/C7H9F2N3/c8-7(9)5-3-11-6(1-2-10)12-4-5/h3-4,7H,1-2,10H2. The topological polar surface area (TPSA) is 51.8 Å². The first-order valence-electron chi connectivity index (χ1n) is 3.53. The molecule has 0 radical (unpaired) electrons. The highest BCUT2D eigenvalue weighted by atomic mass is 19.3. The van der Waals surface area contributed by atoms with E-state index in [0.717, 1.165) is 12.4 Å². The molecule has 1 rings (SSSR count). The first-order chi connectivity index (χ1) is 5.74. The summed E-state index contributed by atoms with van der Waals surface area (Å²) >= 11 is 0. The Morgan fingerprint density at radius 1 is 1.33 bits per heavy atom. The van der Waals surface area contributed by atoms with E-state index in [4.69, 9.17) is 5.73 Å². The summed E-state index contributed by atoms with van der Waals surface area (Å²) in [7, 11) is 0. The predicted octanol–water partition coefficient (Wildman–Crippen LogP) is 0.915. The molecule has 1 aromatic rings. The zero-order valence-electron chi connectivity index (χ0n) is 6.37. The number of halogens is 2. The van der Waals surface area contributed by atoms with Crippen molar-refractivity contribution >= 4 is 0 Å². The Bertz CT molecular complexity index is 235. The van der Waals surface area contributed by atoms with Crippen LogP contribution in [0.1, 0.15) is 17.8 Å². The average molecular weight is 173 g/mol. The van der Waals surface area contributed by atoms with Crippen LogP contribution in [0.15, 0.2) is 12.4 Å². The molecule has 2 N–H and O–H groups in total.